The molecule has 2 aromatic carbocycles. The predicted octanol–water partition coefficient (Wildman–Crippen LogP) is 2.86. The molecule has 2 atom stereocenters. The fourth-order valence-corrected chi connectivity index (χ4v) is 5.37. The highest BCUT2D eigenvalue weighted by Gasteiger charge is 2.59. The van der Waals surface area contributed by atoms with E-state index in [0.29, 0.717) is 25.9 Å². The Kier molecular flexibility index (Phi) is 4.57. The van der Waals surface area contributed by atoms with Crippen molar-refractivity contribution in [3.8, 4) is 0 Å². The molecule has 6 heteroatoms. The molecule has 1 spiro atoms. The maximum absolute atomic E-state index is 13.3. The van der Waals surface area contributed by atoms with Crippen LogP contribution in [-0.4, -0.2) is 47.2 Å². The lowest BCUT2D eigenvalue weighted by Gasteiger charge is -2.34. The van der Waals surface area contributed by atoms with Gasteiger partial charge in [0.2, 0.25) is 17.7 Å². The van der Waals surface area contributed by atoms with Gasteiger partial charge in [0.05, 0.1) is 6.04 Å². The van der Waals surface area contributed by atoms with Crippen LogP contribution in [0, 0.1) is 0 Å². The molecular weight excluding hydrogens is 378 g/mol. The number of para-hydroxylation sites is 1. The third-order valence-electron chi connectivity index (χ3n) is 6.79. The van der Waals surface area contributed by atoms with Crippen molar-refractivity contribution in [2.45, 2.75) is 37.1 Å². The van der Waals surface area contributed by atoms with E-state index in [0.717, 1.165) is 29.8 Å². The van der Waals surface area contributed by atoms with E-state index in [1.807, 2.05) is 59.5 Å². The van der Waals surface area contributed by atoms with Gasteiger partial charge in [-0.3, -0.25) is 14.4 Å². The molecule has 0 unspecified atom stereocenters. The molecule has 0 bridgehead atoms. The van der Waals surface area contributed by atoms with E-state index in [4.69, 9.17) is 0 Å². The van der Waals surface area contributed by atoms with Gasteiger partial charge in [0.1, 0.15) is 5.41 Å². The number of rotatable bonds is 4. The minimum atomic E-state index is -0.781. The summed E-state index contributed by atoms with van der Waals surface area (Å²) in [5, 5.41) is 3.04. The number of hydrogen-bond donors (Lipinski definition) is 1. The second-order valence-electron chi connectivity index (χ2n) is 8.36. The normalized spacial score (nSPS) is 25.1. The van der Waals surface area contributed by atoms with Crippen LogP contribution in [0.5, 0.6) is 0 Å². The fraction of sp³-hybridized carbons (Fsp3) is 0.375. The summed E-state index contributed by atoms with van der Waals surface area (Å²) in [6.07, 6.45) is 2.31. The SMILES string of the molecule is O=C1CCCN1CCC(=O)N1CC[C@]2(C(=O)Nc3ccccc32)[C@@H]1c1ccccc1. The van der Waals surface area contributed by atoms with Gasteiger partial charge in [-0.25, -0.2) is 0 Å². The number of fused-ring (bicyclic) bond motifs is 2. The lowest BCUT2D eigenvalue weighted by molar-refractivity contribution is -0.134. The van der Waals surface area contributed by atoms with E-state index in [2.05, 4.69) is 5.32 Å². The van der Waals surface area contributed by atoms with E-state index in [1.54, 1.807) is 4.90 Å². The van der Waals surface area contributed by atoms with Gasteiger partial charge in [-0.05, 0) is 30.0 Å². The Labute approximate surface area is 175 Å². The molecule has 0 radical (unpaired) electrons. The zero-order valence-electron chi connectivity index (χ0n) is 16.8. The lowest BCUT2D eigenvalue weighted by atomic mass is 9.72. The molecule has 3 aliphatic rings. The molecule has 0 saturated carbocycles. The first-order valence-electron chi connectivity index (χ1n) is 10.6. The number of amides is 3. The number of carbonyl (C=O) groups excluding carboxylic acids is 3. The average molecular weight is 403 g/mol. The van der Waals surface area contributed by atoms with Crippen LogP contribution in [0.15, 0.2) is 54.6 Å². The van der Waals surface area contributed by atoms with Gasteiger partial charge in [0.25, 0.3) is 0 Å². The fourth-order valence-electron chi connectivity index (χ4n) is 5.37. The Morgan fingerprint density at radius 1 is 1.03 bits per heavy atom. The minimum absolute atomic E-state index is 0.00221. The third-order valence-corrected chi connectivity index (χ3v) is 6.79. The van der Waals surface area contributed by atoms with Crippen LogP contribution < -0.4 is 5.32 Å². The van der Waals surface area contributed by atoms with Crippen LogP contribution in [0.2, 0.25) is 0 Å². The van der Waals surface area contributed by atoms with Gasteiger partial charge >= 0.3 is 0 Å². The maximum atomic E-state index is 13.3. The molecule has 2 fully saturated rings. The summed E-state index contributed by atoms with van der Waals surface area (Å²) < 4.78 is 0. The topological polar surface area (TPSA) is 69.7 Å². The molecule has 0 aliphatic carbocycles. The van der Waals surface area contributed by atoms with Gasteiger partial charge in [0, 0.05) is 38.2 Å². The first-order valence-corrected chi connectivity index (χ1v) is 10.6. The van der Waals surface area contributed by atoms with Gasteiger partial charge in [-0.2, -0.15) is 0 Å². The summed E-state index contributed by atoms with van der Waals surface area (Å²) in [6, 6.07) is 17.3. The van der Waals surface area contributed by atoms with Crippen molar-refractivity contribution in [1.82, 2.24) is 9.80 Å². The summed E-state index contributed by atoms with van der Waals surface area (Å²) >= 11 is 0. The van der Waals surface area contributed by atoms with Crippen LogP contribution in [-0.2, 0) is 19.8 Å². The van der Waals surface area contributed by atoms with Gasteiger partial charge in [0.15, 0.2) is 0 Å². The molecule has 154 valence electrons. The predicted molar refractivity (Wildman–Crippen MR) is 113 cm³/mol. The number of nitrogens with one attached hydrogen (secondary N) is 1. The number of hydrogen-bond acceptors (Lipinski definition) is 3. The molecule has 3 aliphatic heterocycles. The smallest absolute Gasteiger partial charge is 0.237 e. The van der Waals surface area contributed by atoms with Crippen LogP contribution in [0.3, 0.4) is 0 Å². The van der Waals surface area contributed by atoms with Crippen molar-refractivity contribution < 1.29 is 14.4 Å². The molecule has 2 aromatic rings. The van der Waals surface area contributed by atoms with E-state index >= 15 is 0 Å². The summed E-state index contributed by atoms with van der Waals surface area (Å²) in [6.45, 7) is 1.70. The number of nitrogens with zero attached hydrogens (tertiary/aromatic N) is 2. The largest absolute Gasteiger partial charge is 0.342 e. The van der Waals surface area contributed by atoms with Crippen LogP contribution in [0.25, 0.3) is 0 Å². The van der Waals surface area contributed by atoms with Crippen LogP contribution in [0.1, 0.15) is 42.9 Å². The first kappa shape index (κ1) is 18.9. The van der Waals surface area contributed by atoms with Gasteiger partial charge in [-0.15, -0.1) is 0 Å². The maximum Gasteiger partial charge on any atom is 0.237 e. The number of likely N-dealkylation sites (tertiary alicyclic amines) is 2. The molecule has 1 N–H and O–H groups in total. The molecule has 0 aromatic heterocycles. The Morgan fingerprint density at radius 2 is 1.80 bits per heavy atom. The van der Waals surface area contributed by atoms with E-state index < -0.39 is 5.41 Å². The van der Waals surface area contributed by atoms with Crippen molar-refractivity contribution in [1.29, 1.82) is 0 Å². The zero-order valence-corrected chi connectivity index (χ0v) is 16.8. The first-order chi connectivity index (χ1) is 14.6. The van der Waals surface area contributed by atoms with Crippen LogP contribution in [0.4, 0.5) is 5.69 Å². The summed E-state index contributed by atoms with van der Waals surface area (Å²) in [5.74, 6) is 0.0876. The Bertz CT molecular complexity index is 1010. The van der Waals surface area contributed by atoms with Gasteiger partial charge < -0.3 is 15.1 Å². The van der Waals surface area contributed by atoms with Crippen molar-refractivity contribution in [2.24, 2.45) is 0 Å². The van der Waals surface area contributed by atoms with Gasteiger partial charge in [-0.1, -0.05) is 48.5 Å². The molecule has 3 heterocycles. The highest BCUT2D eigenvalue weighted by atomic mass is 16.2. The molecule has 2 saturated heterocycles. The van der Waals surface area contributed by atoms with E-state index in [9.17, 15) is 14.4 Å². The summed E-state index contributed by atoms with van der Waals surface area (Å²) in [4.78, 5) is 42.2. The Balaban J connectivity index is 1.49. The highest BCUT2D eigenvalue weighted by Crippen LogP contribution is 2.54. The van der Waals surface area contributed by atoms with Crippen molar-refractivity contribution in [2.75, 3.05) is 25.0 Å². The quantitative estimate of drug-likeness (QED) is 0.854. The summed E-state index contributed by atoms with van der Waals surface area (Å²) in [5.41, 5.74) is 1.98. The molecule has 30 heavy (non-hydrogen) atoms. The van der Waals surface area contributed by atoms with Crippen molar-refractivity contribution in [3.63, 3.8) is 0 Å². The molecule has 5 rings (SSSR count). The zero-order chi connectivity index (χ0) is 20.7. The second kappa shape index (κ2) is 7.27. The Hall–Kier alpha value is -3.15. The van der Waals surface area contributed by atoms with Crippen LogP contribution >= 0.6 is 0 Å². The minimum Gasteiger partial charge on any atom is -0.342 e. The average Bonchev–Trinajstić information content (AvgIpc) is 3.44. The number of anilines is 1. The number of carbonyl (C=O) groups is 3. The molecule has 3 amide bonds. The highest BCUT2D eigenvalue weighted by molar-refractivity contribution is 6.07. The monoisotopic (exact) mass is 403 g/mol. The van der Waals surface area contributed by atoms with Crippen molar-refractivity contribution in [3.05, 3.63) is 65.7 Å². The van der Waals surface area contributed by atoms with Crippen molar-refractivity contribution >= 4 is 23.4 Å². The summed E-state index contributed by atoms with van der Waals surface area (Å²) in [7, 11) is 0. The number of benzene rings is 2. The molecular formula is C24H25N3O3. The lowest BCUT2D eigenvalue weighted by Crippen LogP contribution is -2.43. The third kappa shape index (κ3) is 2.82. The molecule has 6 nitrogen and oxygen atoms in total. The second-order valence-corrected chi connectivity index (χ2v) is 8.36. The van der Waals surface area contributed by atoms with E-state index in [-0.39, 0.29) is 30.2 Å². The Morgan fingerprint density at radius 3 is 2.57 bits per heavy atom. The van der Waals surface area contributed by atoms with E-state index in [1.165, 1.54) is 0 Å². The standard InChI is InChI=1S/C24H25N3O3/c28-20-11-6-14-26(20)15-12-21(29)27-16-13-24(22(27)17-7-2-1-3-8-17)18-9-4-5-10-19(18)25-23(24)30/h1-5,7-10,22H,6,11-16H2,(H,25,30)/t22-,24+/m0/s1.